The number of amides is 3. The molecule has 2 aromatic carbocycles. The molecule has 4 aliphatic rings. The van der Waals surface area contributed by atoms with Gasteiger partial charge in [0, 0.05) is 23.1 Å². The molecule has 11 nitrogen and oxygen atoms in total. The van der Waals surface area contributed by atoms with Crippen LogP contribution in [0.3, 0.4) is 0 Å². The van der Waals surface area contributed by atoms with Crippen molar-refractivity contribution in [3.63, 3.8) is 0 Å². The summed E-state index contributed by atoms with van der Waals surface area (Å²) in [5.41, 5.74) is -0.206. The number of nitrogens with zero attached hydrogens (tertiary/aromatic N) is 2. The number of carbonyl (C=O) groups is 4. The Morgan fingerprint density at radius 3 is 2.44 bits per heavy atom. The summed E-state index contributed by atoms with van der Waals surface area (Å²) in [6.07, 6.45) is 5.03. The summed E-state index contributed by atoms with van der Waals surface area (Å²) in [5.74, 6) is -3.42. The van der Waals surface area contributed by atoms with Crippen LogP contribution in [0.1, 0.15) is 38.3 Å². The lowest BCUT2D eigenvalue weighted by Gasteiger charge is -2.40. The van der Waals surface area contributed by atoms with E-state index in [0.29, 0.717) is 22.3 Å². The van der Waals surface area contributed by atoms with Gasteiger partial charge in [-0.25, -0.2) is 0 Å². The first-order chi connectivity index (χ1) is 23.1. The number of methoxy groups -OCH3 is 1. The second-order valence-electron chi connectivity index (χ2n) is 12.9. The predicted octanol–water partition coefficient (Wildman–Crippen LogP) is 3.67. The largest absolute Gasteiger partial charge is 0.497 e. The summed E-state index contributed by atoms with van der Waals surface area (Å²) in [7, 11) is 1.55. The van der Waals surface area contributed by atoms with Crippen molar-refractivity contribution < 1.29 is 38.5 Å². The van der Waals surface area contributed by atoms with Crippen molar-refractivity contribution in [2.75, 3.05) is 31.8 Å². The number of hydrogen-bond acceptors (Lipinski definition) is 8. The zero-order valence-corrected chi connectivity index (χ0v) is 28.7. The fourth-order valence-electron chi connectivity index (χ4n) is 7.37. The highest BCUT2D eigenvalue weighted by Gasteiger charge is 2.75. The number of aliphatic hydroxyl groups is 1. The summed E-state index contributed by atoms with van der Waals surface area (Å²) in [6, 6.07) is 13.6. The van der Waals surface area contributed by atoms with E-state index in [2.05, 4.69) is 21.2 Å². The standard InChI is InChI=1S/C36H40BrN3O8/c1-21(2)27(19-41)40-32-35(45)39(23-13-15-24(46-3)16-14-23)17-9-5-8-12-28(42)47-20-26(22-10-6-4-7-11-22)38-33(43)29-30(34(40)44)36(32)18-25(37)31(29)48-36/h4-7,9-11,13-16,18,21,26-27,29-32,41H,8,12,17,19-20H2,1-3H3,(H,38,43)/b9-5-/t26-,27-,29-,30+,31-,32-,36+/m0/s1. The number of benzene rings is 2. The van der Waals surface area contributed by atoms with Crippen molar-refractivity contribution in [2.24, 2.45) is 17.8 Å². The second-order valence-corrected chi connectivity index (χ2v) is 13.8. The summed E-state index contributed by atoms with van der Waals surface area (Å²) in [6.45, 7) is 3.40. The summed E-state index contributed by atoms with van der Waals surface area (Å²) in [5, 5.41) is 13.7. The van der Waals surface area contributed by atoms with Gasteiger partial charge in [0.05, 0.1) is 37.6 Å². The Morgan fingerprint density at radius 2 is 1.77 bits per heavy atom. The van der Waals surface area contributed by atoms with E-state index in [-0.39, 0.29) is 32.1 Å². The van der Waals surface area contributed by atoms with Crippen LogP contribution in [-0.2, 0) is 28.7 Å². The monoisotopic (exact) mass is 721 g/mol. The molecule has 0 radical (unpaired) electrons. The van der Waals surface area contributed by atoms with Gasteiger partial charge in [0.2, 0.25) is 11.8 Å². The Bertz CT molecular complexity index is 1610. The van der Waals surface area contributed by atoms with E-state index in [4.69, 9.17) is 14.2 Å². The van der Waals surface area contributed by atoms with Crippen LogP contribution in [0.15, 0.2) is 77.3 Å². The number of hydrogen-bond donors (Lipinski definition) is 2. The van der Waals surface area contributed by atoms with Gasteiger partial charge in [-0.1, -0.05) is 72.3 Å². The van der Waals surface area contributed by atoms with Crippen molar-refractivity contribution in [3.05, 3.63) is 82.9 Å². The number of likely N-dealkylation sites (tertiary alicyclic amines) is 1. The smallest absolute Gasteiger partial charge is 0.306 e. The van der Waals surface area contributed by atoms with E-state index < -0.39 is 65.4 Å². The molecule has 5 bridgehead atoms. The second kappa shape index (κ2) is 13.9. The molecule has 2 aromatic rings. The predicted molar refractivity (Wildman–Crippen MR) is 180 cm³/mol. The van der Waals surface area contributed by atoms with Crippen molar-refractivity contribution in [1.29, 1.82) is 0 Å². The molecule has 0 aromatic heterocycles. The minimum Gasteiger partial charge on any atom is -0.497 e. The Hall–Kier alpha value is -4.00. The maximum atomic E-state index is 15.0. The molecule has 0 unspecified atom stereocenters. The van der Waals surface area contributed by atoms with Gasteiger partial charge in [-0.2, -0.15) is 0 Å². The maximum absolute atomic E-state index is 15.0. The molecule has 2 fully saturated rings. The highest BCUT2D eigenvalue weighted by molar-refractivity contribution is 9.11. The van der Waals surface area contributed by atoms with Crippen LogP contribution >= 0.6 is 15.9 Å². The fraction of sp³-hybridized carbons (Fsp3) is 0.444. The third-order valence-electron chi connectivity index (χ3n) is 9.76. The first-order valence-electron chi connectivity index (χ1n) is 16.2. The highest BCUT2D eigenvalue weighted by atomic mass is 79.9. The maximum Gasteiger partial charge on any atom is 0.306 e. The lowest BCUT2D eigenvalue weighted by molar-refractivity contribution is -0.147. The van der Waals surface area contributed by atoms with E-state index >= 15 is 4.79 Å². The van der Waals surface area contributed by atoms with Crippen LogP contribution in [-0.4, -0.2) is 84.4 Å². The molecule has 2 saturated heterocycles. The summed E-state index contributed by atoms with van der Waals surface area (Å²) >= 11 is 3.60. The fourth-order valence-corrected chi connectivity index (χ4v) is 8.10. The average molecular weight is 723 g/mol. The van der Waals surface area contributed by atoms with Crippen LogP contribution in [0.4, 0.5) is 5.69 Å². The van der Waals surface area contributed by atoms with Crippen molar-refractivity contribution in [3.8, 4) is 5.75 Å². The first kappa shape index (κ1) is 33.9. The molecule has 2 N–H and O–H groups in total. The summed E-state index contributed by atoms with van der Waals surface area (Å²) in [4.78, 5) is 59.8. The molecule has 0 saturated carbocycles. The number of allylic oxidation sites excluding steroid dienone is 1. The van der Waals surface area contributed by atoms with E-state index in [1.807, 2.05) is 50.3 Å². The van der Waals surface area contributed by atoms with Crippen LogP contribution in [0, 0.1) is 17.8 Å². The third kappa shape index (κ3) is 5.94. The zero-order valence-electron chi connectivity index (χ0n) is 27.1. The normalized spacial score (nSPS) is 30.5. The number of anilines is 1. The van der Waals surface area contributed by atoms with Crippen LogP contribution < -0.4 is 15.0 Å². The molecular formula is C36H40BrN3O8. The highest BCUT2D eigenvalue weighted by Crippen LogP contribution is 2.59. The van der Waals surface area contributed by atoms with Gasteiger partial charge in [0.25, 0.3) is 5.91 Å². The number of cyclic esters (lactones) is 1. The molecule has 0 aliphatic carbocycles. The Morgan fingerprint density at radius 1 is 1.04 bits per heavy atom. The molecule has 3 amide bonds. The molecule has 4 aliphatic heterocycles. The van der Waals surface area contributed by atoms with Crippen LogP contribution in [0.25, 0.3) is 0 Å². The molecule has 1 spiro atoms. The number of ether oxygens (including phenoxy) is 3. The topological polar surface area (TPSA) is 135 Å². The van der Waals surface area contributed by atoms with E-state index in [9.17, 15) is 19.5 Å². The third-order valence-corrected chi connectivity index (χ3v) is 10.4. The van der Waals surface area contributed by atoms with Crippen molar-refractivity contribution >= 4 is 45.3 Å². The number of nitrogens with one attached hydrogen (secondary N) is 1. The van der Waals surface area contributed by atoms with Crippen LogP contribution in [0.5, 0.6) is 5.75 Å². The van der Waals surface area contributed by atoms with Gasteiger partial charge >= 0.3 is 5.97 Å². The van der Waals surface area contributed by atoms with E-state index in [1.54, 1.807) is 48.4 Å². The minimum absolute atomic E-state index is 0.101. The van der Waals surface area contributed by atoms with Gasteiger partial charge in [-0.15, -0.1) is 0 Å². The van der Waals surface area contributed by atoms with Crippen molar-refractivity contribution in [2.45, 2.75) is 56.5 Å². The van der Waals surface area contributed by atoms with Crippen LogP contribution in [0.2, 0.25) is 0 Å². The summed E-state index contributed by atoms with van der Waals surface area (Å²) < 4.78 is 18.2. The molecule has 12 heteroatoms. The van der Waals surface area contributed by atoms with E-state index in [1.165, 1.54) is 4.90 Å². The molecule has 4 heterocycles. The zero-order chi connectivity index (χ0) is 34.2. The number of esters is 1. The number of fused-ring (bicyclic) bond motifs is 2. The average Bonchev–Trinajstić information content (AvgIpc) is 3.68. The number of aliphatic hydroxyl groups excluding tert-OH is 1. The van der Waals surface area contributed by atoms with E-state index in [0.717, 1.165) is 5.56 Å². The quantitative estimate of drug-likeness (QED) is 0.341. The minimum atomic E-state index is -1.49. The van der Waals surface area contributed by atoms with Gasteiger partial charge in [-0.3, -0.25) is 19.2 Å². The SMILES string of the molecule is COc1ccc(N2C/C=C\CCC(=O)OC[C@@H](c3ccccc3)NC(=O)[C@@H]3[C@H]4O[C@@]5(C=C4Br)[C@H](C2=O)N([C@@H](CO)C(C)C)C(=O)[C@@H]35)cc1. The first-order valence-corrected chi connectivity index (χ1v) is 17.0. The Balaban J connectivity index is 1.48. The van der Waals surface area contributed by atoms with Gasteiger partial charge < -0.3 is 34.4 Å². The number of halogens is 1. The van der Waals surface area contributed by atoms with Crippen molar-refractivity contribution in [1.82, 2.24) is 10.2 Å². The lowest BCUT2D eigenvalue weighted by atomic mass is 9.74. The Kier molecular flexibility index (Phi) is 9.78. The Labute approximate surface area is 288 Å². The molecule has 6 rings (SSSR count). The molecule has 48 heavy (non-hydrogen) atoms. The molecule has 7 atom stereocenters. The molecular weight excluding hydrogens is 682 g/mol. The number of carbonyl (C=O) groups excluding carboxylic acids is 4. The van der Waals surface area contributed by atoms with Gasteiger partial charge in [-0.05, 0) is 48.2 Å². The molecule has 254 valence electrons. The van der Waals surface area contributed by atoms with Gasteiger partial charge in [0.1, 0.15) is 30.1 Å². The number of rotatable bonds is 6. The van der Waals surface area contributed by atoms with Gasteiger partial charge in [0.15, 0.2) is 0 Å². The lowest BCUT2D eigenvalue weighted by Crippen LogP contribution is -2.59.